The first-order chi connectivity index (χ1) is 18.6. The van der Waals surface area contributed by atoms with Crippen molar-refractivity contribution in [2.75, 3.05) is 37.4 Å². The first-order valence-corrected chi connectivity index (χ1v) is 14.1. The third-order valence-corrected chi connectivity index (χ3v) is 7.08. The van der Waals surface area contributed by atoms with Crippen molar-refractivity contribution < 1.29 is 19.1 Å². The van der Waals surface area contributed by atoms with Crippen molar-refractivity contribution in [3.05, 3.63) is 77.7 Å². The molecule has 200 valence electrons. The molecule has 1 aromatic heterocycles. The molecule has 0 unspecified atom stereocenters. The molecule has 38 heavy (non-hydrogen) atoms. The number of benzene rings is 2. The first kappa shape index (κ1) is 27.4. The Morgan fingerprint density at radius 2 is 1.71 bits per heavy atom. The maximum atomic E-state index is 13.2. The highest BCUT2D eigenvalue weighted by Gasteiger charge is 2.25. The van der Waals surface area contributed by atoms with E-state index in [9.17, 15) is 9.59 Å². The molecule has 0 spiro atoms. The van der Waals surface area contributed by atoms with Crippen LogP contribution in [-0.4, -0.2) is 54.3 Å². The Labute approximate surface area is 228 Å². The summed E-state index contributed by atoms with van der Waals surface area (Å²) in [5, 5.41) is 3.23. The van der Waals surface area contributed by atoms with Crippen LogP contribution >= 0.6 is 11.8 Å². The number of nitrogens with one attached hydrogen (secondary N) is 1. The third-order valence-electron chi connectivity index (χ3n) is 6.42. The number of esters is 1. The Bertz CT molecular complexity index is 1200. The van der Waals surface area contributed by atoms with Gasteiger partial charge in [0.05, 0.1) is 6.61 Å². The average molecular weight is 535 g/mol. The van der Waals surface area contributed by atoms with E-state index in [-0.39, 0.29) is 25.5 Å². The quantitative estimate of drug-likeness (QED) is 0.218. The maximum absolute atomic E-state index is 13.2. The number of rotatable bonds is 11. The van der Waals surface area contributed by atoms with Crippen LogP contribution in [0.5, 0.6) is 5.75 Å². The molecule has 2 heterocycles. The minimum Gasteiger partial charge on any atom is -0.484 e. The molecular weight excluding hydrogens is 500 g/mol. The van der Waals surface area contributed by atoms with E-state index in [0.717, 1.165) is 31.5 Å². The Hall–Kier alpha value is -3.59. The van der Waals surface area contributed by atoms with Gasteiger partial charge in [-0.15, -0.1) is 11.8 Å². The van der Waals surface area contributed by atoms with Crippen molar-refractivity contribution in [3.63, 3.8) is 0 Å². The number of carbonyl (C=O) groups is 2. The molecule has 0 radical (unpaired) electrons. The van der Waals surface area contributed by atoms with Crippen molar-refractivity contribution in [1.82, 2.24) is 15.3 Å². The van der Waals surface area contributed by atoms with Gasteiger partial charge in [-0.05, 0) is 49.6 Å². The number of aromatic nitrogens is 2. The monoisotopic (exact) mass is 534 g/mol. The molecule has 2 aromatic carbocycles. The second kappa shape index (κ2) is 13.8. The zero-order chi connectivity index (χ0) is 26.7. The van der Waals surface area contributed by atoms with Crippen LogP contribution in [0, 0.1) is 5.92 Å². The van der Waals surface area contributed by atoms with Crippen LogP contribution in [0.2, 0.25) is 0 Å². The minimum atomic E-state index is -0.503. The van der Waals surface area contributed by atoms with Crippen molar-refractivity contribution >= 4 is 29.3 Å². The summed E-state index contributed by atoms with van der Waals surface area (Å²) in [7, 11) is 0. The van der Waals surface area contributed by atoms with Crippen LogP contribution in [0.15, 0.2) is 65.7 Å². The lowest BCUT2D eigenvalue weighted by atomic mass is 9.93. The van der Waals surface area contributed by atoms with Crippen molar-refractivity contribution in [2.24, 2.45) is 5.92 Å². The number of para-hydroxylation sites is 1. The number of thioether (sulfide) groups is 1. The lowest BCUT2D eigenvalue weighted by Gasteiger charge is -2.33. The zero-order valence-corrected chi connectivity index (χ0v) is 22.7. The van der Waals surface area contributed by atoms with Gasteiger partial charge in [0, 0.05) is 25.2 Å². The molecule has 0 saturated carbocycles. The van der Waals surface area contributed by atoms with Crippen LogP contribution in [-0.2, 0) is 22.6 Å². The smallest absolute Gasteiger partial charge is 0.325 e. The largest absolute Gasteiger partial charge is 0.484 e. The van der Waals surface area contributed by atoms with Crippen molar-refractivity contribution in [2.45, 2.75) is 37.8 Å². The van der Waals surface area contributed by atoms with E-state index in [1.54, 1.807) is 6.92 Å². The fourth-order valence-electron chi connectivity index (χ4n) is 4.46. The van der Waals surface area contributed by atoms with E-state index in [1.165, 1.54) is 17.4 Å². The molecule has 4 rings (SSSR count). The second-order valence-corrected chi connectivity index (χ2v) is 9.85. The highest BCUT2D eigenvalue weighted by Crippen LogP contribution is 2.31. The molecular formula is C29H34N4O4S. The predicted molar refractivity (Wildman–Crippen MR) is 149 cm³/mol. The van der Waals surface area contributed by atoms with Gasteiger partial charge < -0.3 is 19.7 Å². The Kier molecular flexibility index (Phi) is 9.97. The average Bonchev–Trinajstić information content (AvgIpc) is 2.96. The van der Waals surface area contributed by atoms with Gasteiger partial charge >= 0.3 is 5.97 Å². The van der Waals surface area contributed by atoms with Crippen LogP contribution < -0.4 is 15.0 Å². The minimum absolute atomic E-state index is 0.140. The van der Waals surface area contributed by atoms with Crippen LogP contribution in [0.1, 0.15) is 41.6 Å². The van der Waals surface area contributed by atoms with Gasteiger partial charge in [-0.2, -0.15) is 0 Å². The molecule has 0 bridgehead atoms. The van der Waals surface area contributed by atoms with Crippen molar-refractivity contribution in [3.8, 4) is 5.75 Å². The number of carbonyl (C=O) groups excluding carboxylic acids is 2. The molecule has 1 N–H and O–H groups in total. The molecule has 1 fully saturated rings. The van der Waals surface area contributed by atoms with E-state index < -0.39 is 11.9 Å². The second-order valence-electron chi connectivity index (χ2n) is 9.06. The number of piperidine rings is 1. The van der Waals surface area contributed by atoms with Gasteiger partial charge in [-0.1, -0.05) is 48.5 Å². The number of amides is 1. The number of nitrogens with zero attached hydrogens (tertiary/aromatic N) is 3. The molecule has 8 nitrogen and oxygen atoms in total. The van der Waals surface area contributed by atoms with Gasteiger partial charge in [0.1, 0.15) is 24.0 Å². The normalized spacial score (nSPS) is 13.7. The first-order valence-electron chi connectivity index (χ1n) is 12.9. The topological polar surface area (TPSA) is 93.6 Å². The standard InChI is InChI=1S/C29H34N4O4S/c1-3-36-25(34)19-30-28(35)26-27(37-20-22-10-6-4-7-11-22)29(38-2)32-24(31-26)18-21-14-16-33(17-15-21)23-12-8-5-9-13-23/h4-13,21H,3,14-20H2,1-2H3,(H,30,35). The molecule has 9 heteroatoms. The summed E-state index contributed by atoms with van der Waals surface area (Å²) >= 11 is 1.41. The summed E-state index contributed by atoms with van der Waals surface area (Å²) in [4.78, 5) is 36.9. The summed E-state index contributed by atoms with van der Waals surface area (Å²) in [5.74, 6) is 0.360. The molecule has 1 amide bonds. The van der Waals surface area contributed by atoms with E-state index >= 15 is 0 Å². The summed E-state index contributed by atoms with van der Waals surface area (Å²) in [6.07, 6.45) is 4.61. The fraction of sp³-hybridized carbons (Fsp3) is 0.379. The lowest BCUT2D eigenvalue weighted by Crippen LogP contribution is -2.34. The van der Waals surface area contributed by atoms with Gasteiger partial charge in [-0.25, -0.2) is 9.97 Å². The number of hydrogen-bond acceptors (Lipinski definition) is 8. The SMILES string of the molecule is CCOC(=O)CNC(=O)c1nc(CC2CCN(c3ccccc3)CC2)nc(SC)c1OCc1ccccc1. The van der Waals surface area contributed by atoms with Crippen LogP contribution in [0.25, 0.3) is 0 Å². The number of ether oxygens (including phenoxy) is 2. The predicted octanol–water partition coefficient (Wildman–Crippen LogP) is 4.53. The van der Waals surface area contributed by atoms with Crippen molar-refractivity contribution in [1.29, 1.82) is 0 Å². The molecule has 0 aliphatic carbocycles. The van der Waals surface area contributed by atoms with E-state index in [2.05, 4.69) is 39.5 Å². The highest BCUT2D eigenvalue weighted by molar-refractivity contribution is 7.98. The summed E-state index contributed by atoms with van der Waals surface area (Å²) in [6, 6.07) is 20.2. The third kappa shape index (κ3) is 7.47. The number of hydrogen-bond donors (Lipinski definition) is 1. The fourth-order valence-corrected chi connectivity index (χ4v) is 5.00. The van der Waals surface area contributed by atoms with Gasteiger partial charge in [0.2, 0.25) is 0 Å². The van der Waals surface area contributed by atoms with E-state index in [1.807, 2.05) is 42.7 Å². The van der Waals surface area contributed by atoms with E-state index in [4.69, 9.17) is 14.5 Å². The number of anilines is 1. The highest BCUT2D eigenvalue weighted by atomic mass is 32.2. The molecule has 0 atom stereocenters. The Morgan fingerprint density at radius 1 is 1.03 bits per heavy atom. The van der Waals surface area contributed by atoms with Crippen LogP contribution in [0.4, 0.5) is 5.69 Å². The van der Waals surface area contributed by atoms with Gasteiger partial charge in [-0.3, -0.25) is 9.59 Å². The Morgan fingerprint density at radius 3 is 2.37 bits per heavy atom. The lowest BCUT2D eigenvalue weighted by molar-refractivity contribution is -0.141. The van der Waals surface area contributed by atoms with Crippen LogP contribution in [0.3, 0.4) is 0 Å². The maximum Gasteiger partial charge on any atom is 0.325 e. The molecule has 3 aromatic rings. The van der Waals surface area contributed by atoms with Gasteiger partial charge in [0.15, 0.2) is 11.4 Å². The molecule has 1 aliphatic heterocycles. The summed E-state index contributed by atoms with van der Waals surface area (Å²) in [5.41, 5.74) is 2.35. The molecule has 1 saturated heterocycles. The summed E-state index contributed by atoms with van der Waals surface area (Å²) < 4.78 is 11.0. The summed E-state index contributed by atoms with van der Waals surface area (Å²) in [6.45, 7) is 3.94. The Balaban J connectivity index is 1.51. The van der Waals surface area contributed by atoms with E-state index in [0.29, 0.717) is 28.9 Å². The zero-order valence-electron chi connectivity index (χ0n) is 21.9. The van der Waals surface area contributed by atoms with Gasteiger partial charge in [0.25, 0.3) is 5.91 Å². The molecule has 1 aliphatic rings.